The second-order valence-corrected chi connectivity index (χ2v) is 6.52. The molecular weight excluding hydrogens is 358 g/mol. The number of rotatable bonds is 9. The van der Waals surface area contributed by atoms with Crippen LogP contribution in [0.4, 0.5) is 0 Å². The van der Waals surface area contributed by atoms with Gasteiger partial charge in [0.15, 0.2) is 0 Å². The molecule has 0 aromatic heterocycles. The van der Waals surface area contributed by atoms with Gasteiger partial charge >= 0.3 is 0 Å². The highest BCUT2D eigenvalue weighted by molar-refractivity contribution is 5.77. The molecule has 2 atom stereocenters. The van der Waals surface area contributed by atoms with Gasteiger partial charge in [0, 0.05) is 19.3 Å². The molecule has 1 N–H and O–H groups in total. The average Bonchev–Trinajstić information content (AvgIpc) is 2.70. The number of para-hydroxylation sites is 1. The molecule has 28 heavy (non-hydrogen) atoms. The number of likely N-dealkylation sites (tertiary alicyclic amines) is 1. The van der Waals surface area contributed by atoms with E-state index in [1.54, 1.807) is 18.1 Å². The Morgan fingerprint density at radius 2 is 2.18 bits per heavy atom. The molecule has 0 saturated carbocycles. The predicted molar refractivity (Wildman–Crippen MR) is 106 cm³/mol. The number of nitrogens with zero attached hydrogens (tertiary/aromatic N) is 1. The summed E-state index contributed by atoms with van der Waals surface area (Å²) in [5.74, 6) is 6.68. The van der Waals surface area contributed by atoms with Gasteiger partial charge in [-0.1, -0.05) is 42.2 Å². The number of aliphatic hydroxyl groups excluding tert-OH is 1. The number of amides is 1. The fourth-order valence-electron chi connectivity index (χ4n) is 3.16. The molecule has 1 fully saturated rings. The first-order valence-electron chi connectivity index (χ1n) is 9.44. The maximum absolute atomic E-state index is 12.3. The molecule has 0 bridgehead atoms. The van der Waals surface area contributed by atoms with Crippen LogP contribution in [0.3, 0.4) is 0 Å². The van der Waals surface area contributed by atoms with E-state index in [1.807, 2.05) is 30.3 Å². The fourth-order valence-corrected chi connectivity index (χ4v) is 3.16. The van der Waals surface area contributed by atoms with Gasteiger partial charge in [-0.05, 0) is 24.5 Å². The second kappa shape index (κ2) is 11.8. The van der Waals surface area contributed by atoms with Crippen LogP contribution in [0.2, 0.25) is 0 Å². The number of hydrogen-bond acceptors (Lipinski definition) is 5. The second-order valence-electron chi connectivity index (χ2n) is 6.52. The summed E-state index contributed by atoms with van der Waals surface area (Å²) in [5.41, 5.74) is 0.933. The number of carbonyl (C=O) groups excluding carboxylic acids is 2. The van der Waals surface area contributed by atoms with E-state index in [1.165, 1.54) is 0 Å². The van der Waals surface area contributed by atoms with Gasteiger partial charge in [0.05, 0.1) is 25.8 Å². The summed E-state index contributed by atoms with van der Waals surface area (Å²) in [6.45, 7) is 0.980. The molecular formula is C22H27NO5. The molecule has 1 aromatic rings. The van der Waals surface area contributed by atoms with Crippen LogP contribution in [0.15, 0.2) is 36.4 Å². The summed E-state index contributed by atoms with van der Waals surface area (Å²) >= 11 is 0. The topological polar surface area (TPSA) is 76.1 Å². The number of carbonyl (C=O) groups is 2. The van der Waals surface area contributed by atoms with Crippen LogP contribution in [0.25, 0.3) is 0 Å². The average molecular weight is 385 g/mol. The van der Waals surface area contributed by atoms with Gasteiger partial charge in [-0.25, -0.2) is 0 Å². The molecule has 150 valence electrons. The molecule has 2 rings (SSSR count). The zero-order valence-corrected chi connectivity index (χ0v) is 16.2. The molecule has 0 aliphatic carbocycles. The first kappa shape index (κ1) is 21.5. The van der Waals surface area contributed by atoms with Crippen molar-refractivity contribution in [1.82, 2.24) is 4.90 Å². The van der Waals surface area contributed by atoms with Crippen LogP contribution in [-0.2, 0) is 20.7 Å². The van der Waals surface area contributed by atoms with Crippen molar-refractivity contribution in [2.75, 3.05) is 20.3 Å². The van der Waals surface area contributed by atoms with E-state index in [9.17, 15) is 14.7 Å². The lowest BCUT2D eigenvalue weighted by Crippen LogP contribution is -2.42. The Labute approximate surface area is 166 Å². The van der Waals surface area contributed by atoms with Crippen LogP contribution < -0.4 is 4.74 Å². The molecule has 1 unspecified atom stereocenters. The van der Waals surface area contributed by atoms with Crippen LogP contribution in [0.5, 0.6) is 5.75 Å². The molecule has 1 aliphatic rings. The molecule has 1 saturated heterocycles. The van der Waals surface area contributed by atoms with Crippen molar-refractivity contribution >= 4 is 12.4 Å². The largest absolute Gasteiger partial charge is 0.496 e. The molecule has 1 aromatic carbocycles. The summed E-state index contributed by atoms with van der Waals surface area (Å²) < 4.78 is 9.91. The van der Waals surface area contributed by atoms with Crippen molar-refractivity contribution in [2.24, 2.45) is 0 Å². The van der Waals surface area contributed by atoms with Crippen molar-refractivity contribution in [3.8, 4) is 17.6 Å². The summed E-state index contributed by atoms with van der Waals surface area (Å²) in [6.07, 6.45) is 6.05. The highest BCUT2D eigenvalue weighted by Gasteiger charge is 2.25. The lowest BCUT2D eigenvalue weighted by atomic mass is 9.99. The van der Waals surface area contributed by atoms with Crippen molar-refractivity contribution in [2.45, 2.75) is 44.2 Å². The van der Waals surface area contributed by atoms with Crippen molar-refractivity contribution in [1.29, 1.82) is 0 Å². The third-order valence-corrected chi connectivity index (χ3v) is 4.58. The minimum atomic E-state index is -0.665. The Morgan fingerprint density at radius 1 is 1.36 bits per heavy atom. The number of ether oxygens (including phenoxy) is 2. The third kappa shape index (κ3) is 6.75. The Hall–Kier alpha value is -2.78. The molecule has 0 spiro atoms. The number of benzene rings is 1. The summed E-state index contributed by atoms with van der Waals surface area (Å²) in [5, 5.41) is 10.4. The lowest BCUT2D eigenvalue weighted by molar-refractivity contribution is -0.134. The number of aliphatic hydroxyl groups is 1. The quantitative estimate of drug-likeness (QED) is 0.305. The van der Waals surface area contributed by atoms with Gasteiger partial charge < -0.3 is 19.5 Å². The Bertz CT molecular complexity index is 734. The predicted octanol–water partition coefficient (Wildman–Crippen LogP) is 2.10. The van der Waals surface area contributed by atoms with Crippen LogP contribution >= 0.6 is 0 Å². The van der Waals surface area contributed by atoms with E-state index in [2.05, 4.69) is 16.6 Å². The summed E-state index contributed by atoms with van der Waals surface area (Å²) in [6, 6.07) is 7.52. The van der Waals surface area contributed by atoms with Crippen molar-refractivity contribution < 1.29 is 24.2 Å². The van der Waals surface area contributed by atoms with Crippen LogP contribution in [-0.4, -0.2) is 54.8 Å². The molecule has 6 heteroatoms. The van der Waals surface area contributed by atoms with Crippen LogP contribution in [0, 0.1) is 11.8 Å². The number of methoxy groups -OCH3 is 1. The molecule has 1 amide bonds. The Morgan fingerprint density at radius 3 is 2.96 bits per heavy atom. The molecule has 1 heterocycles. The van der Waals surface area contributed by atoms with E-state index >= 15 is 0 Å². The van der Waals surface area contributed by atoms with Gasteiger partial charge in [-0.15, -0.1) is 0 Å². The van der Waals surface area contributed by atoms with E-state index in [0.717, 1.165) is 24.2 Å². The van der Waals surface area contributed by atoms with E-state index in [-0.39, 0.29) is 18.6 Å². The highest BCUT2D eigenvalue weighted by Crippen LogP contribution is 2.21. The summed E-state index contributed by atoms with van der Waals surface area (Å²) in [4.78, 5) is 24.1. The summed E-state index contributed by atoms with van der Waals surface area (Å²) in [7, 11) is 1.61. The monoisotopic (exact) mass is 385 g/mol. The van der Waals surface area contributed by atoms with E-state index in [4.69, 9.17) is 4.74 Å². The maximum Gasteiger partial charge on any atom is 0.293 e. The Balaban J connectivity index is 1.94. The smallest absolute Gasteiger partial charge is 0.293 e. The third-order valence-electron chi connectivity index (χ3n) is 4.58. The van der Waals surface area contributed by atoms with Crippen molar-refractivity contribution in [3.63, 3.8) is 0 Å². The van der Waals surface area contributed by atoms with Gasteiger partial charge in [0.25, 0.3) is 6.47 Å². The molecule has 6 nitrogen and oxygen atoms in total. The Kier molecular flexibility index (Phi) is 9.09. The minimum absolute atomic E-state index is 0.0681. The minimum Gasteiger partial charge on any atom is -0.496 e. The van der Waals surface area contributed by atoms with Gasteiger partial charge in [0.1, 0.15) is 12.4 Å². The normalized spacial score (nSPS) is 17.7. The van der Waals surface area contributed by atoms with Gasteiger partial charge in [-0.3, -0.25) is 9.59 Å². The first-order valence-corrected chi connectivity index (χ1v) is 9.44. The zero-order valence-electron chi connectivity index (χ0n) is 16.2. The number of piperidine rings is 1. The highest BCUT2D eigenvalue weighted by atomic mass is 16.5. The lowest BCUT2D eigenvalue weighted by Gasteiger charge is -2.32. The van der Waals surface area contributed by atoms with Crippen molar-refractivity contribution in [3.05, 3.63) is 42.0 Å². The standard InChI is InChI=1S/C22H27NO5/c1-27-21-10-4-3-8-18(21)16-20(25)13-12-19-9-7-11-22(26)23(19)14-5-2-6-15-28-17-24/h3-4,8,10,12-13,17,19-20,25H,6-7,9,11,14-16H2,1H3/b13-12+/t19-,20?/m1/s1. The van der Waals surface area contributed by atoms with Gasteiger partial charge in [-0.2, -0.15) is 0 Å². The maximum atomic E-state index is 12.3. The zero-order chi connectivity index (χ0) is 20.2. The fraction of sp³-hybridized carbons (Fsp3) is 0.455. The SMILES string of the molecule is COc1ccccc1CC(O)/C=C/[C@H]1CCCC(=O)N1CC#CCCOC=O. The van der Waals surface area contributed by atoms with Crippen LogP contribution in [0.1, 0.15) is 31.2 Å². The van der Waals surface area contributed by atoms with E-state index in [0.29, 0.717) is 32.3 Å². The van der Waals surface area contributed by atoms with Gasteiger partial charge in [0.2, 0.25) is 5.91 Å². The number of hydrogen-bond donors (Lipinski definition) is 1. The molecule has 0 radical (unpaired) electrons. The molecule has 1 aliphatic heterocycles. The van der Waals surface area contributed by atoms with E-state index < -0.39 is 6.10 Å². The first-order chi connectivity index (χ1) is 13.7.